The summed E-state index contributed by atoms with van der Waals surface area (Å²) in [6, 6.07) is 11.1. The molecule has 2 aromatic carbocycles. The molecule has 9 nitrogen and oxygen atoms in total. The van der Waals surface area contributed by atoms with E-state index < -0.39 is 17.7 Å². The predicted molar refractivity (Wildman–Crippen MR) is 129 cm³/mol. The van der Waals surface area contributed by atoms with Gasteiger partial charge < -0.3 is 29.0 Å². The van der Waals surface area contributed by atoms with Crippen LogP contribution in [0.15, 0.2) is 48.0 Å². The Morgan fingerprint density at radius 2 is 1.69 bits per heavy atom. The molecule has 0 aromatic heterocycles. The van der Waals surface area contributed by atoms with Gasteiger partial charge in [0.25, 0.3) is 11.7 Å². The molecule has 2 aromatic rings. The third kappa shape index (κ3) is 4.82. The highest BCUT2D eigenvalue weighted by molar-refractivity contribution is 6.46. The summed E-state index contributed by atoms with van der Waals surface area (Å²) in [6.07, 6.45) is 0. The third-order valence-corrected chi connectivity index (χ3v) is 6.39. The topological polar surface area (TPSA) is 97.8 Å². The zero-order valence-electron chi connectivity index (χ0n) is 20.2. The first-order valence-corrected chi connectivity index (χ1v) is 11.4. The van der Waals surface area contributed by atoms with Crippen molar-refractivity contribution in [2.75, 3.05) is 60.7 Å². The van der Waals surface area contributed by atoms with Crippen molar-refractivity contribution in [2.45, 2.75) is 6.04 Å². The summed E-state index contributed by atoms with van der Waals surface area (Å²) < 4.78 is 21.7. The van der Waals surface area contributed by atoms with E-state index in [4.69, 9.17) is 18.9 Å². The summed E-state index contributed by atoms with van der Waals surface area (Å²) in [6.45, 7) is 3.63. The van der Waals surface area contributed by atoms with Gasteiger partial charge in [0.05, 0.1) is 46.2 Å². The minimum atomic E-state index is -0.844. The van der Waals surface area contributed by atoms with Crippen LogP contribution in [0.4, 0.5) is 0 Å². The fourth-order valence-electron chi connectivity index (χ4n) is 4.54. The number of Topliss-reactive ketones (excluding diaryl/α,β-unsaturated/α-hetero) is 1. The summed E-state index contributed by atoms with van der Waals surface area (Å²) in [5, 5.41) is 11.3. The van der Waals surface area contributed by atoms with E-state index in [0.717, 1.165) is 13.1 Å². The van der Waals surface area contributed by atoms with Crippen molar-refractivity contribution in [2.24, 2.45) is 0 Å². The number of morpholine rings is 1. The number of aliphatic hydroxyl groups is 1. The Morgan fingerprint density at radius 1 is 0.971 bits per heavy atom. The van der Waals surface area contributed by atoms with Crippen LogP contribution in [0.1, 0.15) is 17.2 Å². The maximum absolute atomic E-state index is 13.3. The van der Waals surface area contributed by atoms with Gasteiger partial charge in [-0.1, -0.05) is 12.1 Å². The van der Waals surface area contributed by atoms with Crippen LogP contribution in [0.5, 0.6) is 17.2 Å². The largest absolute Gasteiger partial charge is 0.507 e. The molecule has 9 heteroatoms. The lowest BCUT2D eigenvalue weighted by Crippen LogP contribution is -2.42. The Morgan fingerprint density at radius 3 is 2.31 bits per heavy atom. The first-order chi connectivity index (χ1) is 17.0. The van der Waals surface area contributed by atoms with Gasteiger partial charge in [-0.15, -0.1) is 0 Å². The number of methoxy groups -OCH3 is 3. The summed E-state index contributed by atoms with van der Waals surface area (Å²) in [5.41, 5.74) is 0.973. The minimum absolute atomic E-state index is 0.00805. The molecule has 0 radical (unpaired) electrons. The molecule has 2 fully saturated rings. The van der Waals surface area contributed by atoms with Gasteiger partial charge in [-0.05, 0) is 30.3 Å². The second-order valence-electron chi connectivity index (χ2n) is 8.26. The third-order valence-electron chi connectivity index (χ3n) is 6.39. The van der Waals surface area contributed by atoms with Gasteiger partial charge in [0.15, 0.2) is 11.5 Å². The van der Waals surface area contributed by atoms with Crippen molar-refractivity contribution in [3.05, 3.63) is 59.2 Å². The molecular formula is C26H30N2O7. The van der Waals surface area contributed by atoms with E-state index in [0.29, 0.717) is 54.7 Å². The Bertz CT molecular complexity index is 1110. The molecule has 2 saturated heterocycles. The number of hydrogen-bond donors (Lipinski definition) is 1. The van der Waals surface area contributed by atoms with E-state index in [-0.39, 0.29) is 11.3 Å². The van der Waals surface area contributed by atoms with Crippen LogP contribution in [0.2, 0.25) is 0 Å². The number of rotatable bonds is 8. The molecule has 2 aliphatic rings. The molecule has 1 N–H and O–H groups in total. The van der Waals surface area contributed by atoms with Crippen molar-refractivity contribution >= 4 is 17.4 Å². The summed E-state index contributed by atoms with van der Waals surface area (Å²) >= 11 is 0. The number of aliphatic hydroxyl groups excluding tert-OH is 1. The average Bonchev–Trinajstić information content (AvgIpc) is 3.16. The van der Waals surface area contributed by atoms with Crippen LogP contribution in [-0.2, 0) is 14.3 Å². The standard InChI is InChI=1S/C26H30N2O7/c1-32-18-9-7-17(8-10-18)23(29)21-22(19-5-4-6-20(33-2)25(19)34-3)28(26(31)24(21)30)12-11-27-13-15-35-16-14-27/h4-10,22,29H,11-16H2,1-3H3/t22-/m0/s1. The number of ether oxygens (including phenoxy) is 4. The van der Waals surface area contributed by atoms with Crippen molar-refractivity contribution in [3.63, 3.8) is 0 Å². The summed E-state index contributed by atoms with van der Waals surface area (Å²) in [7, 11) is 4.57. The first-order valence-electron chi connectivity index (χ1n) is 11.4. The molecule has 186 valence electrons. The van der Waals surface area contributed by atoms with E-state index in [1.54, 1.807) is 49.6 Å². The Kier molecular flexibility index (Phi) is 7.57. The van der Waals surface area contributed by atoms with Gasteiger partial charge in [0.2, 0.25) is 0 Å². The Hall–Kier alpha value is -3.56. The molecule has 1 atom stereocenters. The SMILES string of the molecule is COc1ccc(C(O)=C2C(=O)C(=O)N(CCN3CCOCC3)[C@H]2c2cccc(OC)c2OC)cc1. The second-order valence-corrected chi connectivity index (χ2v) is 8.26. The molecule has 0 spiro atoms. The number of benzene rings is 2. The maximum atomic E-state index is 13.3. The van der Waals surface area contributed by atoms with Crippen LogP contribution < -0.4 is 14.2 Å². The molecule has 0 saturated carbocycles. The van der Waals surface area contributed by atoms with Crippen LogP contribution in [0.3, 0.4) is 0 Å². The van der Waals surface area contributed by atoms with E-state index in [1.165, 1.54) is 19.1 Å². The Labute approximate surface area is 204 Å². The van der Waals surface area contributed by atoms with E-state index in [2.05, 4.69) is 4.90 Å². The van der Waals surface area contributed by atoms with Crippen molar-refractivity contribution < 1.29 is 33.6 Å². The smallest absolute Gasteiger partial charge is 0.295 e. The maximum Gasteiger partial charge on any atom is 0.295 e. The number of para-hydroxylation sites is 1. The first kappa shape index (κ1) is 24.6. The number of likely N-dealkylation sites (tertiary alicyclic amines) is 1. The molecule has 2 aliphatic heterocycles. The molecule has 4 rings (SSSR count). The highest BCUT2D eigenvalue weighted by atomic mass is 16.5. The molecule has 0 unspecified atom stereocenters. The predicted octanol–water partition coefficient (Wildman–Crippen LogP) is 2.47. The number of hydrogen-bond acceptors (Lipinski definition) is 8. The summed E-state index contributed by atoms with van der Waals surface area (Å²) in [5.74, 6) is -0.182. The van der Waals surface area contributed by atoms with Crippen LogP contribution in [-0.4, -0.2) is 87.3 Å². The van der Waals surface area contributed by atoms with E-state index in [9.17, 15) is 14.7 Å². The van der Waals surface area contributed by atoms with Gasteiger partial charge >= 0.3 is 0 Å². The van der Waals surface area contributed by atoms with Gasteiger partial charge in [-0.2, -0.15) is 0 Å². The van der Waals surface area contributed by atoms with Crippen LogP contribution >= 0.6 is 0 Å². The van der Waals surface area contributed by atoms with Gasteiger partial charge in [-0.3, -0.25) is 14.5 Å². The number of carbonyl (C=O) groups excluding carboxylic acids is 2. The van der Waals surface area contributed by atoms with E-state index >= 15 is 0 Å². The lowest BCUT2D eigenvalue weighted by atomic mass is 9.94. The number of carbonyl (C=O) groups is 2. The fourth-order valence-corrected chi connectivity index (χ4v) is 4.54. The van der Waals surface area contributed by atoms with Crippen molar-refractivity contribution in [3.8, 4) is 17.2 Å². The minimum Gasteiger partial charge on any atom is -0.507 e. The molecular weight excluding hydrogens is 452 g/mol. The van der Waals surface area contributed by atoms with E-state index in [1.807, 2.05) is 0 Å². The number of ketones is 1. The number of amides is 1. The van der Waals surface area contributed by atoms with Crippen LogP contribution in [0.25, 0.3) is 5.76 Å². The average molecular weight is 483 g/mol. The number of nitrogens with zero attached hydrogens (tertiary/aromatic N) is 2. The summed E-state index contributed by atoms with van der Waals surface area (Å²) in [4.78, 5) is 30.3. The lowest BCUT2D eigenvalue weighted by molar-refractivity contribution is -0.140. The lowest BCUT2D eigenvalue weighted by Gasteiger charge is -2.31. The molecule has 0 aliphatic carbocycles. The zero-order valence-corrected chi connectivity index (χ0v) is 20.2. The second kappa shape index (κ2) is 10.8. The van der Waals surface area contributed by atoms with Crippen molar-refractivity contribution in [1.82, 2.24) is 9.80 Å². The van der Waals surface area contributed by atoms with Gasteiger partial charge in [0, 0.05) is 37.3 Å². The van der Waals surface area contributed by atoms with Gasteiger partial charge in [-0.25, -0.2) is 0 Å². The molecule has 0 bridgehead atoms. The van der Waals surface area contributed by atoms with Crippen molar-refractivity contribution in [1.29, 1.82) is 0 Å². The molecule has 2 heterocycles. The van der Waals surface area contributed by atoms with Crippen LogP contribution in [0, 0.1) is 0 Å². The normalized spacial score (nSPS) is 20.2. The Balaban J connectivity index is 1.81. The monoisotopic (exact) mass is 482 g/mol. The highest BCUT2D eigenvalue weighted by Crippen LogP contribution is 2.45. The fraction of sp³-hybridized carbons (Fsp3) is 0.385. The zero-order chi connectivity index (χ0) is 24.9. The highest BCUT2D eigenvalue weighted by Gasteiger charge is 2.47. The molecule has 35 heavy (non-hydrogen) atoms. The van der Waals surface area contributed by atoms with Gasteiger partial charge in [0.1, 0.15) is 11.5 Å². The molecule has 1 amide bonds. The quantitative estimate of drug-likeness (QED) is 0.348.